The van der Waals surface area contributed by atoms with E-state index in [0.717, 1.165) is 19.4 Å². The number of nitrogens with zero attached hydrogens (tertiary/aromatic N) is 4. The van der Waals surface area contributed by atoms with Gasteiger partial charge in [0.05, 0.1) is 6.54 Å². The summed E-state index contributed by atoms with van der Waals surface area (Å²) < 4.78 is 1.73. The summed E-state index contributed by atoms with van der Waals surface area (Å²) in [5.41, 5.74) is 2.66. The predicted molar refractivity (Wildman–Crippen MR) is 93.8 cm³/mol. The van der Waals surface area contributed by atoms with Crippen LogP contribution in [0.3, 0.4) is 0 Å². The van der Waals surface area contributed by atoms with Gasteiger partial charge in [0.15, 0.2) is 0 Å². The van der Waals surface area contributed by atoms with Crippen molar-refractivity contribution < 1.29 is 4.79 Å². The fourth-order valence-corrected chi connectivity index (χ4v) is 3.32. The highest BCUT2D eigenvalue weighted by Gasteiger charge is 2.23. The van der Waals surface area contributed by atoms with Crippen LogP contribution in [0.5, 0.6) is 0 Å². The second-order valence-corrected chi connectivity index (χ2v) is 6.55. The third kappa shape index (κ3) is 3.93. The number of aryl methyl sites for hydroxylation is 1. The summed E-state index contributed by atoms with van der Waals surface area (Å²) in [6, 6.07) is 9.02. The molecule has 0 aliphatic carbocycles. The second kappa shape index (κ2) is 7.47. The van der Waals surface area contributed by atoms with E-state index in [0.29, 0.717) is 19.0 Å². The van der Waals surface area contributed by atoms with E-state index >= 15 is 0 Å². The van der Waals surface area contributed by atoms with Crippen LogP contribution in [0.25, 0.3) is 0 Å². The van der Waals surface area contributed by atoms with Gasteiger partial charge in [-0.2, -0.15) is 5.10 Å². The molecule has 0 radical (unpaired) electrons. The molecule has 0 spiro atoms. The zero-order valence-electron chi connectivity index (χ0n) is 14.4. The van der Waals surface area contributed by atoms with Gasteiger partial charge in [0, 0.05) is 30.7 Å². The Morgan fingerprint density at radius 3 is 3.04 bits per heavy atom. The monoisotopic (exact) mass is 327 g/mol. The lowest BCUT2D eigenvalue weighted by Crippen LogP contribution is -2.41. The minimum Gasteiger partial charge on any atom is -0.368 e. The maximum absolute atomic E-state index is 12.3. The number of carbonyl (C=O) groups is 1. The number of hydrogen-bond acceptors (Lipinski definition) is 4. The zero-order chi connectivity index (χ0) is 16.9. The molecule has 0 saturated carbocycles. The third-order valence-electron chi connectivity index (χ3n) is 4.58. The van der Waals surface area contributed by atoms with Crippen LogP contribution in [0.2, 0.25) is 0 Å². The molecule has 24 heavy (non-hydrogen) atoms. The van der Waals surface area contributed by atoms with Crippen molar-refractivity contribution in [2.75, 3.05) is 11.4 Å². The average molecular weight is 327 g/mol. The standard InChI is InChI=1S/C18H25N5O/c1-14(11-22-13-19-12-20-22)21-18(24)9-10-23-15(2)7-8-16-5-3-4-6-17(16)23/h3-6,12-15H,7-11H2,1-2H3,(H,21,24). The van der Waals surface area contributed by atoms with Gasteiger partial charge in [-0.05, 0) is 38.3 Å². The maximum atomic E-state index is 12.3. The second-order valence-electron chi connectivity index (χ2n) is 6.55. The van der Waals surface area contributed by atoms with Crippen molar-refractivity contribution in [2.24, 2.45) is 0 Å². The van der Waals surface area contributed by atoms with Gasteiger partial charge in [-0.3, -0.25) is 9.48 Å². The van der Waals surface area contributed by atoms with Gasteiger partial charge in [-0.15, -0.1) is 0 Å². The Kier molecular flexibility index (Phi) is 5.13. The highest BCUT2D eigenvalue weighted by molar-refractivity contribution is 5.77. The number of carbonyl (C=O) groups excluding carboxylic acids is 1. The van der Waals surface area contributed by atoms with Crippen LogP contribution < -0.4 is 10.2 Å². The summed E-state index contributed by atoms with van der Waals surface area (Å²) in [4.78, 5) is 18.5. The molecule has 2 atom stereocenters. The van der Waals surface area contributed by atoms with E-state index in [-0.39, 0.29) is 11.9 Å². The summed E-state index contributed by atoms with van der Waals surface area (Å²) in [5, 5.41) is 7.11. The Labute approximate surface area is 142 Å². The Morgan fingerprint density at radius 1 is 1.42 bits per heavy atom. The average Bonchev–Trinajstić information content (AvgIpc) is 3.06. The highest BCUT2D eigenvalue weighted by atomic mass is 16.1. The number of aromatic nitrogens is 3. The number of rotatable bonds is 6. The number of benzene rings is 1. The first-order valence-electron chi connectivity index (χ1n) is 8.60. The summed E-state index contributed by atoms with van der Waals surface area (Å²) in [6.07, 6.45) is 5.93. The van der Waals surface area contributed by atoms with E-state index in [1.807, 2.05) is 6.92 Å². The van der Waals surface area contributed by atoms with Crippen molar-refractivity contribution in [3.63, 3.8) is 0 Å². The molecule has 1 aliphatic heterocycles. The quantitative estimate of drug-likeness (QED) is 0.881. The molecule has 1 aromatic carbocycles. The molecule has 2 aromatic rings. The van der Waals surface area contributed by atoms with Crippen LogP contribution in [-0.2, 0) is 17.8 Å². The van der Waals surface area contributed by atoms with Crippen molar-refractivity contribution in [3.8, 4) is 0 Å². The first-order valence-corrected chi connectivity index (χ1v) is 8.60. The molecule has 0 saturated heterocycles. The van der Waals surface area contributed by atoms with Gasteiger partial charge < -0.3 is 10.2 Å². The number of fused-ring (bicyclic) bond motifs is 1. The summed E-state index contributed by atoms with van der Waals surface area (Å²) in [7, 11) is 0. The van der Waals surface area contributed by atoms with E-state index in [1.54, 1.807) is 11.0 Å². The number of nitrogens with one attached hydrogen (secondary N) is 1. The van der Waals surface area contributed by atoms with Gasteiger partial charge in [0.2, 0.25) is 5.91 Å². The largest absolute Gasteiger partial charge is 0.368 e. The molecule has 128 valence electrons. The van der Waals surface area contributed by atoms with Crippen molar-refractivity contribution in [3.05, 3.63) is 42.5 Å². The number of para-hydroxylation sites is 1. The van der Waals surface area contributed by atoms with Gasteiger partial charge >= 0.3 is 0 Å². The molecular formula is C18H25N5O. The van der Waals surface area contributed by atoms with Crippen LogP contribution in [0, 0.1) is 0 Å². The van der Waals surface area contributed by atoms with E-state index in [2.05, 4.69) is 51.5 Å². The van der Waals surface area contributed by atoms with E-state index in [9.17, 15) is 4.79 Å². The normalized spacial score (nSPS) is 18.1. The van der Waals surface area contributed by atoms with Crippen LogP contribution in [0.4, 0.5) is 5.69 Å². The summed E-state index contributed by atoms with van der Waals surface area (Å²) >= 11 is 0. The topological polar surface area (TPSA) is 63.1 Å². The van der Waals surface area contributed by atoms with Crippen molar-refractivity contribution in [1.29, 1.82) is 0 Å². The molecule has 6 heteroatoms. The molecule has 1 aliphatic rings. The maximum Gasteiger partial charge on any atom is 0.222 e. The molecule has 2 unspecified atom stereocenters. The SMILES string of the molecule is CC(Cn1cncn1)NC(=O)CCN1c2ccccc2CCC1C. The lowest BCUT2D eigenvalue weighted by molar-refractivity contribution is -0.121. The van der Waals surface area contributed by atoms with E-state index in [4.69, 9.17) is 0 Å². The summed E-state index contributed by atoms with van der Waals surface area (Å²) in [6.45, 7) is 5.61. The predicted octanol–water partition coefficient (Wildman–Crippen LogP) is 2.01. The van der Waals surface area contributed by atoms with Crippen molar-refractivity contribution >= 4 is 11.6 Å². The molecule has 1 N–H and O–H groups in total. The first kappa shape index (κ1) is 16.5. The van der Waals surface area contributed by atoms with Crippen molar-refractivity contribution in [2.45, 2.75) is 51.7 Å². The smallest absolute Gasteiger partial charge is 0.222 e. The van der Waals surface area contributed by atoms with Crippen LogP contribution >= 0.6 is 0 Å². The van der Waals surface area contributed by atoms with Gasteiger partial charge in [0.25, 0.3) is 0 Å². The lowest BCUT2D eigenvalue weighted by Gasteiger charge is -2.37. The van der Waals surface area contributed by atoms with Crippen LogP contribution in [0.1, 0.15) is 32.3 Å². The van der Waals surface area contributed by atoms with E-state index in [1.165, 1.54) is 17.6 Å². The Balaban J connectivity index is 1.52. The Bertz CT molecular complexity index is 670. The van der Waals surface area contributed by atoms with Crippen molar-refractivity contribution in [1.82, 2.24) is 20.1 Å². The fourth-order valence-electron chi connectivity index (χ4n) is 3.32. The lowest BCUT2D eigenvalue weighted by atomic mass is 9.96. The van der Waals surface area contributed by atoms with Gasteiger partial charge in [0.1, 0.15) is 12.7 Å². The van der Waals surface area contributed by atoms with E-state index < -0.39 is 0 Å². The molecule has 1 amide bonds. The highest BCUT2D eigenvalue weighted by Crippen LogP contribution is 2.30. The third-order valence-corrected chi connectivity index (χ3v) is 4.58. The minimum absolute atomic E-state index is 0.0327. The number of hydrogen-bond donors (Lipinski definition) is 1. The minimum atomic E-state index is 0.0327. The van der Waals surface area contributed by atoms with Gasteiger partial charge in [-0.25, -0.2) is 4.98 Å². The van der Waals surface area contributed by atoms with Crippen LogP contribution in [0.15, 0.2) is 36.9 Å². The van der Waals surface area contributed by atoms with Gasteiger partial charge in [-0.1, -0.05) is 18.2 Å². The molecule has 2 heterocycles. The molecule has 0 bridgehead atoms. The van der Waals surface area contributed by atoms with Crippen LogP contribution in [-0.4, -0.2) is 39.3 Å². The number of anilines is 1. The Hall–Kier alpha value is -2.37. The molecule has 0 fully saturated rings. The number of amides is 1. The molecule has 6 nitrogen and oxygen atoms in total. The fraction of sp³-hybridized carbons (Fsp3) is 0.500. The molecule has 3 rings (SSSR count). The molecular weight excluding hydrogens is 302 g/mol. The summed E-state index contributed by atoms with van der Waals surface area (Å²) in [5.74, 6) is 0.0814. The Morgan fingerprint density at radius 2 is 2.25 bits per heavy atom. The molecule has 1 aromatic heterocycles. The first-order chi connectivity index (χ1) is 11.6. The zero-order valence-corrected chi connectivity index (χ0v) is 14.4.